The van der Waals surface area contributed by atoms with E-state index in [4.69, 9.17) is 10.2 Å². The highest BCUT2D eigenvalue weighted by Crippen LogP contribution is 2.38. The topological polar surface area (TPSA) is 68.2 Å². The number of hydrogen-bond donors (Lipinski definition) is 1. The second-order valence-electron chi connectivity index (χ2n) is 7.34. The molecule has 0 aliphatic heterocycles. The van der Waals surface area contributed by atoms with E-state index < -0.39 is 11.7 Å². The van der Waals surface area contributed by atoms with Gasteiger partial charge >= 0.3 is 6.18 Å². The first-order valence-corrected chi connectivity index (χ1v) is 9.53. The highest BCUT2D eigenvalue weighted by Gasteiger charge is 2.34. The van der Waals surface area contributed by atoms with Crippen molar-refractivity contribution in [2.24, 2.45) is 5.73 Å². The Morgan fingerprint density at radius 3 is 2.50 bits per heavy atom. The lowest BCUT2D eigenvalue weighted by atomic mass is 10.0. The van der Waals surface area contributed by atoms with Gasteiger partial charge in [-0.2, -0.15) is 13.2 Å². The number of furan rings is 1. The highest BCUT2D eigenvalue weighted by molar-refractivity contribution is 5.87. The molecule has 156 valence electrons. The standard InChI is InChI=1S/C22H21F3N4O/c1-29(2)16(10-11-26)20-14-7-5-8-15(22(23,24)25)19(14)27-21(28-20)18-12-13-6-3-4-9-17(13)30-18/h3-9,12,16H,10-11,26H2,1-2H3. The van der Waals surface area contributed by atoms with Crippen LogP contribution in [0, 0.1) is 0 Å². The van der Waals surface area contributed by atoms with Gasteiger partial charge in [0.15, 0.2) is 11.6 Å². The molecule has 5 nitrogen and oxygen atoms in total. The maximum absolute atomic E-state index is 13.7. The summed E-state index contributed by atoms with van der Waals surface area (Å²) in [6.07, 6.45) is -4.01. The van der Waals surface area contributed by atoms with Crippen LogP contribution in [0.3, 0.4) is 0 Å². The Bertz CT molecular complexity index is 1170. The summed E-state index contributed by atoms with van der Waals surface area (Å²) in [4.78, 5) is 10.9. The number of benzene rings is 2. The number of alkyl halides is 3. The number of hydrogen-bond acceptors (Lipinski definition) is 5. The fourth-order valence-corrected chi connectivity index (χ4v) is 3.66. The average Bonchev–Trinajstić information content (AvgIpc) is 3.14. The first-order chi connectivity index (χ1) is 14.3. The lowest BCUT2D eigenvalue weighted by molar-refractivity contribution is -0.136. The van der Waals surface area contributed by atoms with Crippen LogP contribution in [0.5, 0.6) is 0 Å². The van der Waals surface area contributed by atoms with Crippen LogP contribution in [0.4, 0.5) is 13.2 Å². The van der Waals surface area contributed by atoms with E-state index in [0.717, 1.165) is 11.5 Å². The van der Waals surface area contributed by atoms with Crippen molar-refractivity contribution in [2.75, 3.05) is 20.6 Å². The van der Waals surface area contributed by atoms with Gasteiger partial charge in [0.05, 0.1) is 22.8 Å². The first-order valence-electron chi connectivity index (χ1n) is 9.53. The Labute approximate surface area is 171 Å². The summed E-state index contributed by atoms with van der Waals surface area (Å²) >= 11 is 0. The third-order valence-corrected chi connectivity index (χ3v) is 5.09. The summed E-state index contributed by atoms with van der Waals surface area (Å²) < 4.78 is 47.1. The fourth-order valence-electron chi connectivity index (χ4n) is 3.66. The molecule has 2 aromatic heterocycles. The predicted molar refractivity (Wildman–Crippen MR) is 110 cm³/mol. The molecule has 0 spiro atoms. The van der Waals surface area contributed by atoms with E-state index in [-0.39, 0.29) is 17.4 Å². The zero-order chi connectivity index (χ0) is 21.5. The van der Waals surface area contributed by atoms with Crippen LogP contribution in [0.1, 0.15) is 23.7 Å². The van der Waals surface area contributed by atoms with E-state index in [2.05, 4.69) is 9.97 Å². The van der Waals surface area contributed by atoms with Crippen molar-refractivity contribution in [1.82, 2.24) is 14.9 Å². The number of aromatic nitrogens is 2. The number of halogens is 3. The molecule has 1 unspecified atom stereocenters. The van der Waals surface area contributed by atoms with Gasteiger partial charge in [0, 0.05) is 10.8 Å². The summed E-state index contributed by atoms with van der Waals surface area (Å²) in [6.45, 7) is 0.368. The van der Waals surface area contributed by atoms with E-state index in [0.29, 0.717) is 35.4 Å². The quantitative estimate of drug-likeness (QED) is 0.497. The van der Waals surface area contributed by atoms with Crippen molar-refractivity contribution in [3.8, 4) is 11.6 Å². The molecule has 30 heavy (non-hydrogen) atoms. The van der Waals surface area contributed by atoms with Gasteiger partial charge in [-0.05, 0) is 45.3 Å². The molecule has 2 aromatic carbocycles. The Hall–Kier alpha value is -2.97. The molecule has 2 N–H and O–H groups in total. The third-order valence-electron chi connectivity index (χ3n) is 5.09. The van der Waals surface area contributed by atoms with Crippen molar-refractivity contribution in [3.05, 3.63) is 59.8 Å². The van der Waals surface area contributed by atoms with Crippen molar-refractivity contribution in [2.45, 2.75) is 18.6 Å². The Kier molecular flexibility index (Phi) is 5.21. The SMILES string of the molecule is CN(C)C(CCN)c1nc(-c2cc3ccccc3o2)nc2c(C(F)(F)F)cccc12. The summed E-state index contributed by atoms with van der Waals surface area (Å²) in [5.41, 5.74) is 5.95. The maximum atomic E-state index is 13.7. The maximum Gasteiger partial charge on any atom is 0.418 e. The summed E-state index contributed by atoms with van der Waals surface area (Å²) in [6, 6.07) is 12.9. The summed E-state index contributed by atoms with van der Waals surface area (Å²) in [7, 11) is 3.70. The minimum atomic E-state index is -4.54. The van der Waals surface area contributed by atoms with Crippen LogP contribution in [0.2, 0.25) is 0 Å². The lowest BCUT2D eigenvalue weighted by Crippen LogP contribution is -2.24. The van der Waals surface area contributed by atoms with Gasteiger partial charge in [-0.1, -0.05) is 30.3 Å². The van der Waals surface area contributed by atoms with Crippen LogP contribution in [0.25, 0.3) is 33.5 Å². The molecule has 0 fully saturated rings. The monoisotopic (exact) mass is 414 g/mol. The normalized spacial score (nSPS) is 13.4. The van der Waals surface area contributed by atoms with Crippen LogP contribution in [-0.4, -0.2) is 35.5 Å². The molecule has 0 bridgehead atoms. The van der Waals surface area contributed by atoms with Crippen LogP contribution < -0.4 is 5.73 Å². The number of nitrogens with two attached hydrogens (primary N) is 1. The Morgan fingerprint density at radius 2 is 1.83 bits per heavy atom. The van der Waals surface area contributed by atoms with E-state index in [1.54, 1.807) is 18.2 Å². The molecule has 2 heterocycles. The zero-order valence-corrected chi connectivity index (χ0v) is 16.6. The van der Waals surface area contributed by atoms with E-state index in [1.807, 2.05) is 37.2 Å². The van der Waals surface area contributed by atoms with Crippen LogP contribution in [0.15, 0.2) is 52.9 Å². The molecule has 0 saturated heterocycles. The van der Waals surface area contributed by atoms with Gasteiger partial charge in [0.25, 0.3) is 0 Å². The molecule has 4 aromatic rings. The molecule has 0 aliphatic carbocycles. The number of fused-ring (bicyclic) bond motifs is 2. The lowest BCUT2D eigenvalue weighted by Gasteiger charge is -2.25. The van der Waals surface area contributed by atoms with Gasteiger partial charge in [-0.15, -0.1) is 0 Å². The minimum Gasteiger partial charge on any atom is -0.453 e. The number of para-hydroxylation sites is 2. The Balaban J connectivity index is 2.03. The van der Waals surface area contributed by atoms with Gasteiger partial charge in [-0.25, -0.2) is 9.97 Å². The van der Waals surface area contributed by atoms with Gasteiger partial charge in [-0.3, -0.25) is 0 Å². The van der Waals surface area contributed by atoms with E-state index in [1.165, 1.54) is 6.07 Å². The Morgan fingerprint density at radius 1 is 1.07 bits per heavy atom. The number of rotatable bonds is 5. The molecule has 0 aliphatic rings. The second kappa shape index (κ2) is 7.70. The van der Waals surface area contributed by atoms with Crippen molar-refractivity contribution >= 4 is 21.9 Å². The largest absolute Gasteiger partial charge is 0.453 e. The fraction of sp³-hybridized carbons (Fsp3) is 0.273. The smallest absolute Gasteiger partial charge is 0.418 e. The molecular weight excluding hydrogens is 393 g/mol. The molecule has 0 saturated carbocycles. The van der Waals surface area contributed by atoms with Crippen molar-refractivity contribution in [1.29, 1.82) is 0 Å². The summed E-state index contributed by atoms with van der Waals surface area (Å²) in [5.74, 6) is 0.441. The zero-order valence-electron chi connectivity index (χ0n) is 16.6. The molecule has 0 amide bonds. The van der Waals surface area contributed by atoms with Crippen LogP contribution >= 0.6 is 0 Å². The molecule has 8 heteroatoms. The van der Waals surface area contributed by atoms with Gasteiger partial charge < -0.3 is 15.1 Å². The highest BCUT2D eigenvalue weighted by atomic mass is 19.4. The van der Waals surface area contributed by atoms with Gasteiger partial charge in [0.1, 0.15) is 5.58 Å². The molecule has 0 radical (unpaired) electrons. The summed E-state index contributed by atoms with van der Waals surface area (Å²) in [5, 5.41) is 1.19. The third kappa shape index (κ3) is 3.64. The van der Waals surface area contributed by atoms with Crippen molar-refractivity contribution in [3.63, 3.8) is 0 Å². The second-order valence-corrected chi connectivity index (χ2v) is 7.34. The van der Waals surface area contributed by atoms with Crippen LogP contribution in [-0.2, 0) is 6.18 Å². The minimum absolute atomic E-state index is 0.120. The van der Waals surface area contributed by atoms with E-state index in [9.17, 15) is 13.2 Å². The molecular formula is C22H21F3N4O. The van der Waals surface area contributed by atoms with Crippen molar-refractivity contribution < 1.29 is 17.6 Å². The average molecular weight is 414 g/mol. The molecule has 4 rings (SSSR count). The first kappa shape index (κ1) is 20.3. The van der Waals surface area contributed by atoms with E-state index >= 15 is 0 Å². The van der Waals surface area contributed by atoms with Gasteiger partial charge in [0.2, 0.25) is 0 Å². The molecule has 1 atom stereocenters. The predicted octanol–water partition coefficient (Wildman–Crippen LogP) is 5.01. The number of nitrogens with zero attached hydrogens (tertiary/aromatic N) is 3.